The first-order valence-corrected chi connectivity index (χ1v) is 15.3. The fourth-order valence-corrected chi connectivity index (χ4v) is 4.50. The number of aromatic hydroxyl groups is 1. The number of hydrogen-bond donors (Lipinski definition) is 9. The smallest absolute Gasteiger partial charge is 0.326 e. The van der Waals surface area contributed by atoms with Crippen LogP contribution >= 0.6 is 0 Å². The SMILES string of the molecule is CCC(C)C(NC(C)=O)C(=O)NC(CO)C(=O)NC(Cc1ccc(O)cc1)C(=O)NC(CCC(=O)O)C(=O)NC(CC(C)C)C(=O)O. The van der Waals surface area contributed by atoms with Crippen molar-refractivity contribution in [3.8, 4) is 5.75 Å². The molecule has 0 bridgehead atoms. The topological polar surface area (TPSA) is 261 Å². The summed E-state index contributed by atoms with van der Waals surface area (Å²) in [6.07, 6.45) is -0.599. The van der Waals surface area contributed by atoms with Crippen LogP contribution in [0.4, 0.5) is 0 Å². The van der Waals surface area contributed by atoms with Crippen LogP contribution in [-0.2, 0) is 40.0 Å². The minimum atomic E-state index is -1.56. The first kappa shape index (κ1) is 40.3. The van der Waals surface area contributed by atoms with Crippen LogP contribution in [0.1, 0.15) is 65.9 Å². The quantitative estimate of drug-likeness (QED) is 0.0850. The van der Waals surface area contributed by atoms with Gasteiger partial charge in [0, 0.05) is 19.8 Å². The third-order valence-corrected chi connectivity index (χ3v) is 7.28. The van der Waals surface area contributed by atoms with Gasteiger partial charge in [-0.25, -0.2) is 4.79 Å². The molecule has 9 N–H and O–H groups in total. The number of nitrogens with one attached hydrogen (secondary N) is 5. The molecule has 0 heterocycles. The Kier molecular flexibility index (Phi) is 16.9. The van der Waals surface area contributed by atoms with E-state index in [1.54, 1.807) is 27.7 Å². The molecule has 0 aliphatic rings. The monoisotopic (exact) mass is 665 g/mol. The molecule has 0 aliphatic carbocycles. The average molecular weight is 666 g/mol. The molecular formula is C31H47N5O11. The normalized spacial score (nSPS) is 14.8. The van der Waals surface area contributed by atoms with Gasteiger partial charge in [0.15, 0.2) is 0 Å². The van der Waals surface area contributed by atoms with Crippen molar-refractivity contribution in [3.63, 3.8) is 0 Å². The van der Waals surface area contributed by atoms with Crippen molar-refractivity contribution in [1.82, 2.24) is 26.6 Å². The largest absolute Gasteiger partial charge is 0.508 e. The van der Waals surface area contributed by atoms with Crippen LogP contribution in [0.15, 0.2) is 24.3 Å². The number of benzene rings is 1. The number of hydrogen-bond acceptors (Lipinski definition) is 9. The summed E-state index contributed by atoms with van der Waals surface area (Å²) in [7, 11) is 0. The summed E-state index contributed by atoms with van der Waals surface area (Å²) in [5.74, 6) is -7.24. The van der Waals surface area contributed by atoms with Crippen LogP contribution in [0.25, 0.3) is 0 Å². The predicted molar refractivity (Wildman–Crippen MR) is 168 cm³/mol. The van der Waals surface area contributed by atoms with Crippen LogP contribution in [0, 0.1) is 11.8 Å². The number of carboxylic acid groups (broad SMARTS) is 2. The molecule has 0 fully saturated rings. The molecule has 0 saturated carbocycles. The predicted octanol–water partition coefficient (Wildman–Crippen LogP) is -0.587. The first-order valence-electron chi connectivity index (χ1n) is 15.3. The summed E-state index contributed by atoms with van der Waals surface area (Å²) in [5.41, 5.74) is 0.449. The van der Waals surface area contributed by atoms with Crippen molar-refractivity contribution in [2.75, 3.05) is 6.61 Å². The summed E-state index contributed by atoms with van der Waals surface area (Å²) in [4.78, 5) is 87.7. The van der Waals surface area contributed by atoms with Gasteiger partial charge in [0.05, 0.1) is 6.61 Å². The van der Waals surface area contributed by atoms with Crippen LogP contribution in [0.2, 0.25) is 0 Å². The van der Waals surface area contributed by atoms with E-state index in [0.29, 0.717) is 12.0 Å². The van der Waals surface area contributed by atoms with E-state index in [4.69, 9.17) is 0 Å². The number of aliphatic carboxylic acids is 2. The summed E-state index contributed by atoms with van der Waals surface area (Å²) in [6.45, 7) is 7.34. The molecule has 1 aromatic carbocycles. The van der Waals surface area contributed by atoms with Gasteiger partial charge in [-0.2, -0.15) is 0 Å². The van der Waals surface area contributed by atoms with Gasteiger partial charge >= 0.3 is 11.9 Å². The van der Waals surface area contributed by atoms with Gasteiger partial charge in [0.1, 0.15) is 36.0 Å². The highest BCUT2D eigenvalue weighted by atomic mass is 16.4. The maximum atomic E-state index is 13.6. The Hall–Kier alpha value is -4.73. The number of amides is 5. The highest BCUT2D eigenvalue weighted by Gasteiger charge is 2.33. The number of carbonyl (C=O) groups is 7. The zero-order valence-electron chi connectivity index (χ0n) is 27.2. The molecule has 1 aromatic rings. The Morgan fingerprint density at radius 3 is 1.72 bits per heavy atom. The number of phenols is 1. The third kappa shape index (κ3) is 14.5. The Labute approximate surface area is 273 Å². The lowest BCUT2D eigenvalue weighted by Gasteiger charge is -2.27. The summed E-state index contributed by atoms with van der Waals surface area (Å²) in [6, 6.07) is -1.24. The van der Waals surface area contributed by atoms with E-state index in [2.05, 4.69) is 26.6 Å². The van der Waals surface area contributed by atoms with Gasteiger partial charge < -0.3 is 47.0 Å². The number of phenolic OH excluding ortho intramolecular Hbond substituents is 1. The fraction of sp³-hybridized carbons (Fsp3) is 0.581. The standard InChI is InChI=1S/C31H47N5O11/c1-6-17(4)26(32-18(5)38)30(45)36-24(15-37)29(44)34-22(14-19-7-9-20(39)10-8-19)28(43)33-21(11-12-25(40)41)27(42)35-23(31(46)47)13-16(2)3/h7-10,16-17,21-24,26,37,39H,6,11-15H2,1-5H3,(H,32,38)(H,33,43)(H,34,44)(H,35,42)(H,36,45)(H,40,41)(H,46,47). The van der Waals surface area contributed by atoms with E-state index in [1.807, 2.05) is 0 Å². The highest BCUT2D eigenvalue weighted by molar-refractivity contribution is 5.96. The minimum Gasteiger partial charge on any atom is -0.508 e. The minimum absolute atomic E-state index is 0.0638. The second kappa shape index (κ2) is 19.7. The molecule has 47 heavy (non-hydrogen) atoms. The van der Waals surface area contributed by atoms with E-state index < -0.39 is 91.1 Å². The van der Waals surface area contributed by atoms with Crippen molar-refractivity contribution >= 4 is 41.5 Å². The van der Waals surface area contributed by atoms with Gasteiger partial charge in [0.25, 0.3) is 0 Å². The van der Waals surface area contributed by atoms with Crippen LogP contribution in [0.5, 0.6) is 5.75 Å². The molecule has 6 atom stereocenters. The molecule has 1 rings (SSSR count). The average Bonchev–Trinajstić information content (AvgIpc) is 2.99. The maximum absolute atomic E-state index is 13.6. The summed E-state index contributed by atoms with van der Waals surface area (Å²) < 4.78 is 0. The Morgan fingerprint density at radius 2 is 1.23 bits per heavy atom. The Bertz CT molecular complexity index is 1250. The number of rotatable bonds is 20. The van der Waals surface area contributed by atoms with E-state index in [-0.39, 0.29) is 30.4 Å². The van der Waals surface area contributed by atoms with Crippen LogP contribution in [-0.4, -0.2) is 98.7 Å². The van der Waals surface area contributed by atoms with E-state index >= 15 is 0 Å². The van der Waals surface area contributed by atoms with Crippen LogP contribution in [0.3, 0.4) is 0 Å². The molecular weight excluding hydrogens is 618 g/mol. The lowest BCUT2D eigenvalue weighted by atomic mass is 9.98. The van der Waals surface area contributed by atoms with Crippen molar-refractivity contribution < 1.29 is 54.0 Å². The number of carbonyl (C=O) groups excluding carboxylic acids is 5. The van der Waals surface area contributed by atoms with E-state index in [0.717, 1.165) is 0 Å². The molecule has 6 unspecified atom stereocenters. The van der Waals surface area contributed by atoms with Gasteiger partial charge in [-0.1, -0.05) is 46.2 Å². The second-order valence-electron chi connectivity index (χ2n) is 11.8. The Balaban J connectivity index is 3.32. The number of aliphatic hydroxyl groups is 1. The third-order valence-electron chi connectivity index (χ3n) is 7.28. The van der Waals surface area contributed by atoms with Gasteiger partial charge in [-0.3, -0.25) is 28.8 Å². The first-order chi connectivity index (χ1) is 22.0. The number of aliphatic hydroxyl groups excluding tert-OH is 1. The molecule has 0 aliphatic heterocycles. The molecule has 0 spiro atoms. The van der Waals surface area contributed by atoms with Crippen molar-refractivity contribution in [2.45, 2.75) is 96.9 Å². The highest BCUT2D eigenvalue weighted by Crippen LogP contribution is 2.13. The zero-order chi connectivity index (χ0) is 35.8. The Morgan fingerprint density at radius 1 is 0.723 bits per heavy atom. The van der Waals surface area contributed by atoms with Crippen molar-refractivity contribution in [3.05, 3.63) is 29.8 Å². The number of carboxylic acids is 2. The lowest BCUT2D eigenvalue weighted by molar-refractivity contribution is -0.143. The van der Waals surface area contributed by atoms with Gasteiger partial charge in [-0.05, 0) is 42.4 Å². The summed E-state index contributed by atoms with van der Waals surface area (Å²) in [5, 5.41) is 50.4. The molecule has 0 aromatic heterocycles. The second-order valence-corrected chi connectivity index (χ2v) is 11.8. The van der Waals surface area contributed by atoms with E-state index in [9.17, 15) is 54.0 Å². The van der Waals surface area contributed by atoms with Crippen molar-refractivity contribution in [2.24, 2.45) is 11.8 Å². The zero-order valence-corrected chi connectivity index (χ0v) is 27.2. The van der Waals surface area contributed by atoms with Crippen LogP contribution < -0.4 is 26.6 Å². The maximum Gasteiger partial charge on any atom is 0.326 e. The van der Waals surface area contributed by atoms with Gasteiger partial charge in [-0.15, -0.1) is 0 Å². The van der Waals surface area contributed by atoms with Gasteiger partial charge in [0.2, 0.25) is 29.5 Å². The molecule has 0 saturated heterocycles. The molecule has 16 nitrogen and oxygen atoms in total. The summed E-state index contributed by atoms with van der Waals surface area (Å²) >= 11 is 0. The molecule has 262 valence electrons. The van der Waals surface area contributed by atoms with Crippen molar-refractivity contribution in [1.29, 1.82) is 0 Å². The molecule has 0 radical (unpaired) electrons. The van der Waals surface area contributed by atoms with E-state index in [1.165, 1.54) is 31.2 Å². The molecule has 5 amide bonds. The molecule has 16 heteroatoms. The lowest BCUT2D eigenvalue weighted by Crippen LogP contribution is -2.60. The fourth-order valence-electron chi connectivity index (χ4n) is 4.50.